The number of aromatic amines is 6. The normalized spacial score (nSPS) is 11.4. The Kier molecular flexibility index (Phi) is 24.4. The predicted molar refractivity (Wildman–Crippen MR) is 420 cm³/mol. The summed E-state index contributed by atoms with van der Waals surface area (Å²) in [6.07, 6.45) is 11.9. The number of hydrogen-bond acceptors (Lipinski definition) is 2. The molecule has 0 spiro atoms. The van der Waals surface area contributed by atoms with Crippen molar-refractivity contribution >= 4 is 87.4 Å². The standard InChI is InChI=1S/C12H15N.5C11H13N.2C11H12O/c1-12(2,3)10-5-4-6-11-9(10)7-8-13-11;1-8(2)9-3-4-11-10(7-9)5-6-12-11;1-8(2)10-4-3-9-5-6-12-11(9)7-10;1-8(2)10-5-3-4-9-6-7-12-11(9)10;1-8(2)10-7-12-11-6-4-3-5-9(10)11;1-8(2)11-7-9-5-3-4-6-10(9)12-11;1-8(2)10-7-12-11-6-4-3-5-9(10)11;1-8(2)11-7-9-5-3-4-6-10(9)12-11/h4-8,13H,1-3H3;5*3-8,12H,1-2H3;2*3-8H,1-2H3. The van der Waals surface area contributed by atoms with Crippen molar-refractivity contribution in [2.75, 3.05) is 0 Å². The second kappa shape index (κ2) is 33.2. The van der Waals surface area contributed by atoms with Crippen LogP contribution in [0.25, 0.3) is 87.4 Å². The molecule has 8 aromatic carbocycles. The Balaban J connectivity index is 0.000000130. The van der Waals surface area contributed by atoms with Crippen LogP contribution < -0.4 is 0 Å². The third-order valence-electron chi connectivity index (χ3n) is 17.7. The molecule has 97 heavy (non-hydrogen) atoms. The van der Waals surface area contributed by atoms with Crippen LogP contribution in [0.5, 0.6) is 0 Å². The molecule has 8 nitrogen and oxygen atoms in total. The van der Waals surface area contributed by atoms with Gasteiger partial charge < -0.3 is 38.7 Å². The van der Waals surface area contributed by atoms with E-state index in [1.54, 1.807) is 0 Å². The van der Waals surface area contributed by atoms with Crippen molar-refractivity contribution in [1.29, 1.82) is 0 Å². The largest absolute Gasteiger partial charge is 0.464 e. The molecule has 0 unspecified atom stereocenters. The molecule has 0 saturated heterocycles. The minimum atomic E-state index is 0.224. The van der Waals surface area contributed by atoms with E-state index < -0.39 is 0 Å². The molecule has 0 radical (unpaired) electrons. The summed E-state index contributed by atoms with van der Waals surface area (Å²) in [6.45, 7) is 37.5. The molecule has 6 N–H and O–H groups in total. The Labute approximate surface area is 575 Å². The minimum Gasteiger partial charge on any atom is -0.464 e. The van der Waals surface area contributed by atoms with Crippen LogP contribution in [0.4, 0.5) is 0 Å². The summed E-state index contributed by atoms with van der Waals surface area (Å²) in [5, 5.41) is 10.3. The second-order valence-corrected chi connectivity index (χ2v) is 28.5. The van der Waals surface area contributed by atoms with E-state index >= 15 is 0 Å². The number of rotatable bonds is 7. The van der Waals surface area contributed by atoms with Gasteiger partial charge in [-0.2, -0.15) is 0 Å². The number of nitrogens with one attached hydrogen (secondary N) is 6. The third kappa shape index (κ3) is 18.8. The lowest BCUT2D eigenvalue weighted by Gasteiger charge is -2.19. The third-order valence-corrected chi connectivity index (χ3v) is 17.7. The number of para-hydroxylation sites is 5. The average molecular weight is 1290 g/mol. The molecule has 8 heterocycles. The van der Waals surface area contributed by atoms with Gasteiger partial charge in [0.1, 0.15) is 16.9 Å². The van der Waals surface area contributed by atoms with Gasteiger partial charge in [0, 0.05) is 103 Å². The number of H-pyrrole nitrogens is 6. The molecule has 0 amide bonds. The molecule has 0 aliphatic carbocycles. The van der Waals surface area contributed by atoms with Crippen molar-refractivity contribution in [3.05, 3.63) is 288 Å². The first kappa shape index (κ1) is 71.4. The maximum Gasteiger partial charge on any atom is 0.134 e. The van der Waals surface area contributed by atoms with Gasteiger partial charge in [-0.15, -0.1) is 0 Å². The highest BCUT2D eigenvalue weighted by Crippen LogP contribution is 2.32. The molecule has 8 heteroatoms. The van der Waals surface area contributed by atoms with Crippen molar-refractivity contribution in [2.24, 2.45) is 0 Å². The van der Waals surface area contributed by atoms with Gasteiger partial charge in [0.15, 0.2) is 0 Å². The fourth-order valence-corrected chi connectivity index (χ4v) is 11.9. The molecular weight excluding hydrogens is 1190 g/mol. The smallest absolute Gasteiger partial charge is 0.134 e. The van der Waals surface area contributed by atoms with Crippen LogP contribution in [0.2, 0.25) is 0 Å². The maximum absolute atomic E-state index is 5.63. The van der Waals surface area contributed by atoms with Gasteiger partial charge in [0.2, 0.25) is 0 Å². The lowest BCUT2D eigenvalue weighted by atomic mass is 9.85. The van der Waals surface area contributed by atoms with Crippen molar-refractivity contribution < 1.29 is 8.83 Å². The molecule has 502 valence electrons. The zero-order chi connectivity index (χ0) is 69.3. The fraction of sp³-hybridized carbons (Fsp3) is 0.281. The van der Waals surface area contributed by atoms with E-state index in [-0.39, 0.29) is 5.41 Å². The van der Waals surface area contributed by atoms with Crippen LogP contribution >= 0.6 is 0 Å². The lowest BCUT2D eigenvalue weighted by molar-refractivity contribution is 0.522. The topological polar surface area (TPSA) is 121 Å². The molecule has 16 rings (SSSR count). The van der Waals surface area contributed by atoms with Crippen LogP contribution in [0.1, 0.15) is 204 Å². The lowest BCUT2D eigenvalue weighted by Crippen LogP contribution is -2.10. The molecule has 0 aliphatic heterocycles. The molecule has 8 aromatic heterocycles. The van der Waals surface area contributed by atoms with E-state index in [9.17, 15) is 0 Å². The highest BCUT2D eigenvalue weighted by atomic mass is 16.3. The van der Waals surface area contributed by atoms with Gasteiger partial charge in [-0.05, 0) is 175 Å². The quantitative estimate of drug-likeness (QED) is 0.0953. The first-order valence-corrected chi connectivity index (χ1v) is 34.9. The number of aromatic nitrogens is 6. The van der Waals surface area contributed by atoms with E-state index in [4.69, 9.17) is 8.83 Å². The van der Waals surface area contributed by atoms with Crippen LogP contribution in [0.3, 0.4) is 0 Å². The zero-order valence-corrected chi connectivity index (χ0v) is 60.5. The molecule has 16 aromatic rings. The first-order valence-electron chi connectivity index (χ1n) is 34.9. The van der Waals surface area contributed by atoms with Crippen LogP contribution in [-0.4, -0.2) is 29.9 Å². The number of hydrogen-bond donors (Lipinski definition) is 6. The molecular formula is C89H104N6O2. The first-order chi connectivity index (χ1) is 46.5. The fourth-order valence-electron chi connectivity index (χ4n) is 11.9. The van der Waals surface area contributed by atoms with E-state index in [2.05, 4.69) is 324 Å². The summed E-state index contributed by atoms with van der Waals surface area (Å²) in [7, 11) is 0. The summed E-state index contributed by atoms with van der Waals surface area (Å²) in [6, 6.07) is 71.9. The zero-order valence-electron chi connectivity index (χ0n) is 60.5. The molecule has 0 saturated carbocycles. The molecule has 0 atom stereocenters. The van der Waals surface area contributed by atoms with Crippen molar-refractivity contribution in [2.45, 2.75) is 165 Å². The Morgan fingerprint density at radius 1 is 0.320 bits per heavy atom. The van der Waals surface area contributed by atoms with Gasteiger partial charge >= 0.3 is 0 Å². The van der Waals surface area contributed by atoms with Crippen LogP contribution in [0, 0.1) is 0 Å². The molecule has 0 aliphatic rings. The number of benzene rings is 8. The average Bonchev–Trinajstić information content (AvgIpc) is 1.82. The predicted octanol–water partition coefficient (Wildman–Crippen LogP) is 27.0. The molecule has 0 fully saturated rings. The van der Waals surface area contributed by atoms with E-state index in [0.717, 1.165) is 16.9 Å². The van der Waals surface area contributed by atoms with Crippen LogP contribution in [-0.2, 0) is 5.41 Å². The van der Waals surface area contributed by atoms with Crippen molar-refractivity contribution in [3.8, 4) is 0 Å². The van der Waals surface area contributed by atoms with Crippen LogP contribution in [0.15, 0.2) is 252 Å². The highest BCUT2D eigenvalue weighted by molar-refractivity contribution is 5.87. The van der Waals surface area contributed by atoms with Crippen molar-refractivity contribution in [3.63, 3.8) is 0 Å². The summed E-state index contributed by atoms with van der Waals surface area (Å²) >= 11 is 0. The molecule has 0 bridgehead atoms. The van der Waals surface area contributed by atoms with Crippen molar-refractivity contribution in [1.82, 2.24) is 29.9 Å². The Bertz CT molecular complexity index is 4670. The SMILES string of the molecule is CC(C)(C)c1cccc2[nH]ccc12.CC(C)c1c[nH]c2ccccc12.CC(C)c1cc2ccccc2[nH]1.CC(C)c1cc2ccccc2o1.CC(C)c1ccc2[nH]ccc2c1.CC(C)c1ccc2cc[nH]c2c1.CC(C)c1cccc2cc[nH]c12.CC(C)c1coc2ccccc12. The number of fused-ring (bicyclic) bond motifs is 8. The van der Waals surface area contributed by atoms with E-state index in [0.29, 0.717) is 41.4 Å². The van der Waals surface area contributed by atoms with E-state index in [1.807, 2.05) is 67.4 Å². The Hall–Kier alpha value is -9.92. The monoisotopic (exact) mass is 1290 g/mol. The summed E-state index contributed by atoms with van der Waals surface area (Å²) in [5.41, 5.74) is 19.3. The van der Waals surface area contributed by atoms with Gasteiger partial charge in [-0.3, -0.25) is 0 Å². The second-order valence-electron chi connectivity index (χ2n) is 28.5. The maximum atomic E-state index is 5.63. The Morgan fingerprint density at radius 2 is 0.856 bits per heavy atom. The summed E-state index contributed by atoms with van der Waals surface area (Å²) < 4.78 is 11.0. The van der Waals surface area contributed by atoms with Gasteiger partial charge in [-0.1, -0.05) is 239 Å². The highest BCUT2D eigenvalue weighted by Gasteiger charge is 2.17. The van der Waals surface area contributed by atoms with Gasteiger partial charge in [0.25, 0.3) is 0 Å². The summed E-state index contributed by atoms with van der Waals surface area (Å²) in [5.74, 6) is 5.06. The summed E-state index contributed by atoms with van der Waals surface area (Å²) in [4.78, 5) is 19.6. The Morgan fingerprint density at radius 3 is 1.53 bits per heavy atom. The van der Waals surface area contributed by atoms with Gasteiger partial charge in [0.05, 0.1) is 6.26 Å². The van der Waals surface area contributed by atoms with E-state index in [1.165, 1.54) is 115 Å². The van der Waals surface area contributed by atoms with Gasteiger partial charge in [-0.25, -0.2) is 0 Å². The number of furan rings is 2. The minimum absolute atomic E-state index is 0.224.